The molecule has 2 nitrogen and oxygen atoms in total. The first-order valence-electron chi connectivity index (χ1n) is 7.00. The van der Waals surface area contributed by atoms with Crippen molar-refractivity contribution >= 4 is 27.5 Å². The van der Waals surface area contributed by atoms with E-state index in [4.69, 9.17) is 17.3 Å². The molecule has 0 amide bonds. The first-order valence-corrected chi connectivity index (χ1v) is 8.18. The summed E-state index contributed by atoms with van der Waals surface area (Å²) in [5.41, 5.74) is 7.21. The van der Waals surface area contributed by atoms with Gasteiger partial charge < -0.3 is 5.73 Å². The molecule has 1 fully saturated rings. The summed E-state index contributed by atoms with van der Waals surface area (Å²) in [4.78, 5) is 2.56. The van der Waals surface area contributed by atoms with Crippen LogP contribution in [0.5, 0.6) is 0 Å². The van der Waals surface area contributed by atoms with Crippen LogP contribution in [0.4, 0.5) is 0 Å². The van der Waals surface area contributed by atoms with Crippen LogP contribution in [0.15, 0.2) is 22.7 Å². The van der Waals surface area contributed by atoms with Crippen LogP contribution in [0.3, 0.4) is 0 Å². The van der Waals surface area contributed by atoms with Crippen LogP contribution in [0.1, 0.15) is 44.7 Å². The minimum atomic E-state index is 0.215. The Morgan fingerprint density at radius 2 is 2.21 bits per heavy atom. The van der Waals surface area contributed by atoms with Crippen LogP contribution in [0, 0.1) is 0 Å². The Kier molecular flexibility index (Phi) is 5.29. The Balaban J connectivity index is 2.35. The second-order valence-corrected chi connectivity index (χ2v) is 6.68. The van der Waals surface area contributed by atoms with E-state index in [0.717, 1.165) is 15.1 Å². The summed E-state index contributed by atoms with van der Waals surface area (Å²) in [6.07, 6.45) is 3.69. The van der Waals surface area contributed by atoms with Gasteiger partial charge in [0.05, 0.1) is 0 Å². The van der Waals surface area contributed by atoms with Crippen molar-refractivity contribution in [3.8, 4) is 0 Å². The molecule has 1 aromatic rings. The molecule has 3 unspecified atom stereocenters. The van der Waals surface area contributed by atoms with Gasteiger partial charge in [-0.05, 0) is 49.9 Å². The molecule has 1 aromatic carbocycles. The highest BCUT2D eigenvalue weighted by molar-refractivity contribution is 9.10. The molecule has 4 heteroatoms. The molecule has 3 atom stereocenters. The third kappa shape index (κ3) is 3.15. The van der Waals surface area contributed by atoms with Gasteiger partial charge in [0.25, 0.3) is 0 Å². The lowest BCUT2D eigenvalue weighted by Crippen LogP contribution is -2.41. The number of hydrogen-bond donors (Lipinski definition) is 1. The maximum atomic E-state index is 6.38. The van der Waals surface area contributed by atoms with E-state index in [1.54, 1.807) is 0 Å². The highest BCUT2D eigenvalue weighted by Gasteiger charge is 2.35. The van der Waals surface area contributed by atoms with Crippen LogP contribution in [0.25, 0.3) is 0 Å². The Morgan fingerprint density at radius 3 is 2.84 bits per heavy atom. The number of likely N-dealkylation sites (tertiary alicyclic amines) is 1. The molecule has 106 valence electrons. The van der Waals surface area contributed by atoms with E-state index in [9.17, 15) is 0 Å². The van der Waals surface area contributed by atoms with Crippen LogP contribution in [-0.2, 0) is 0 Å². The number of nitrogens with two attached hydrogens (primary N) is 1. The van der Waals surface area contributed by atoms with Gasteiger partial charge in [-0.3, -0.25) is 4.90 Å². The Morgan fingerprint density at radius 1 is 1.47 bits per heavy atom. The minimum Gasteiger partial charge on any atom is -0.329 e. The highest BCUT2D eigenvalue weighted by Crippen LogP contribution is 2.37. The first kappa shape index (κ1) is 15.3. The molecule has 19 heavy (non-hydrogen) atoms. The molecular weight excluding hydrogens is 324 g/mol. The zero-order chi connectivity index (χ0) is 14.0. The van der Waals surface area contributed by atoms with Gasteiger partial charge in [0, 0.05) is 34.2 Å². The maximum absolute atomic E-state index is 6.38. The second kappa shape index (κ2) is 6.57. The number of benzene rings is 1. The molecule has 0 aromatic heterocycles. The zero-order valence-electron chi connectivity index (χ0n) is 11.6. The van der Waals surface area contributed by atoms with Gasteiger partial charge in [0.1, 0.15) is 0 Å². The molecule has 1 aliphatic rings. The van der Waals surface area contributed by atoms with E-state index in [-0.39, 0.29) is 6.04 Å². The number of rotatable bonds is 4. The molecule has 0 bridgehead atoms. The average Bonchev–Trinajstić information content (AvgIpc) is 2.76. The van der Waals surface area contributed by atoms with Crippen molar-refractivity contribution in [2.75, 3.05) is 6.54 Å². The van der Waals surface area contributed by atoms with Crippen molar-refractivity contribution in [1.82, 2.24) is 4.90 Å². The van der Waals surface area contributed by atoms with E-state index < -0.39 is 0 Å². The van der Waals surface area contributed by atoms with Crippen molar-refractivity contribution in [2.24, 2.45) is 5.73 Å². The van der Waals surface area contributed by atoms with Crippen LogP contribution < -0.4 is 5.73 Å². The third-order valence-electron chi connectivity index (χ3n) is 4.22. The summed E-state index contributed by atoms with van der Waals surface area (Å²) < 4.78 is 1.06. The molecule has 2 N–H and O–H groups in total. The molecule has 0 saturated carbocycles. The lowest BCUT2D eigenvalue weighted by molar-refractivity contribution is 0.137. The third-order valence-corrected chi connectivity index (χ3v) is 5.06. The fraction of sp³-hybridized carbons (Fsp3) is 0.600. The Hall–Kier alpha value is -0.0900. The second-order valence-electron chi connectivity index (χ2n) is 5.35. The normalized spacial score (nSPS) is 25.7. The van der Waals surface area contributed by atoms with Crippen molar-refractivity contribution < 1.29 is 0 Å². The molecule has 1 aliphatic heterocycles. The summed E-state index contributed by atoms with van der Waals surface area (Å²) >= 11 is 9.92. The van der Waals surface area contributed by atoms with Crippen molar-refractivity contribution in [3.05, 3.63) is 33.3 Å². The number of halogens is 2. The zero-order valence-corrected chi connectivity index (χ0v) is 13.9. The maximum Gasteiger partial charge on any atom is 0.0491 e. The van der Waals surface area contributed by atoms with Gasteiger partial charge >= 0.3 is 0 Å². The average molecular weight is 346 g/mol. The lowest BCUT2D eigenvalue weighted by Gasteiger charge is -2.36. The summed E-state index contributed by atoms with van der Waals surface area (Å²) in [7, 11) is 0. The smallest absolute Gasteiger partial charge is 0.0491 e. The van der Waals surface area contributed by atoms with E-state index >= 15 is 0 Å². The SMILES string of the molecule is CCC1CCC(C)N1C(CN)c1cc(Br)ccc1Cl. The molecular formula is C15H22BrClN2. The van der Waals surface area contributed by atoms with E-state index in [1.165, 1.54) is 19.3 Å². The standard InChI is InChI=1S/C15H22BrClN2/c1-3-12-6-4-10(2)19(12)15(9-18)13-8-11(16)5-7-14(13)17/h5,7-8,10,12,15H,3-4,6,9,18H2,1-2H3. The fourth-order valence-corrected chi connectivity index (χ4v) is 3.87. The molecule has 1 saturated heterocycles. The summed E-state index contributed by atoms with van der Waals surface area (Å²) in [6, 6.07) is 7.45. The van der Waals surface area contributed by atoms with E-state index in [1.807, 2.05) is 12.1 Å². The van der Waals surface area contributed by atoms with E-state index in [2.05, 4.69) is 40.7 Å². The Bertz CT molecular complexity index is 438. The number of nitrogens with zero attached hydrogens (tertiary/aromatic N) is 1. The van der Waals surface area contributed by atoms with Crippen molar-refractivity contribution in [3.63, 3.8) is 0 Å². The first-order chi connectivity index (χ1) is 9.08. The van der Waals surface area contributed by atoms with Gasteiger partial charge in [-0.15, -0.1) is 0 Å². The predicted molar refractivity (Wildman–Crippen MR) is 85.6 cm³/mol. The van der Waals surface area contributed by atoms with Crippen LogP contribution in [-0.4, -0.2) is 23.5 Å². The summed E-state index contributed by atoms with van der Waals surface area (Å²) in [5.74, 6) is 0. The fourth-order valence-electron chi connectivity index (χ4n) is 3.25. The minimum absolute atomic E-state index is 0.215. The topological polar surface area (TPSA) is 29.3 Å². The summed E-state index contributed by atoms with van der Waals surface area (Å²) in [5, 5.41) is 0.813. The quantitative estimate of drug-likeness (QED) is 0.878. The highest BCUT2D eigenvalue weighted by atomic mass is 79.9. The molecule has 0 radical (unpaired) electrons. The van der Waals surface area contributed by atoms with Crippen LogP contribution in [0.2, 0.25) is 5.02 Å². The van der Waals surface area contributed by atoms with Gasteiger partial charge in [0.15, 0.2) is 0 Å². The molecule has 0 spiro atoms. The largest absolute Gasteiger partial charge is 0.329 e. The molecule has 2 rings (SSSR count). The van der Waals surface area contributed by atoms with Gasteiger partial charge in [-0.25, -0.2) is 0 Å². The van der Waals surface area contributed by atoms with Crippen molar-refractivity contribution in [1.29, 1.82) is 0 Å². The van der Waals surface area contributed by atoms with E-state index in [0.29, 0.717) is 18.6 Å². The van der Waals surface area contributed by atoms with Gasteiger partial charge in [-0.1, -0.05) is 34.5 Å². The van der Waals surface area contributed by atoms with Crippen LogP contribution >= 0.6 is 27.5 Å². The number of hydrogen-bond acceptors (Lipinski definition) is 2. The Labute approximate surface area is 129 Å². The molecule has 1 heterocycles. The summed E-state index contributed by atoms with van der Waals surface area (Å²) in [6.45, 7) is 5.16. The molecule has 0 aliphatic carbocycles. The predicted octanol–water partition coefficient (Wildman–Crippen LogP) is 4.37. The van der Waals surface area contributed by atoms with Gasteiger partial charge in [0.2, 0.25) is 0 Å². The lowest BCUT2D eigenvalue weighted by atomic mass is 10.0. The van der Waals surface area contributed by atoms with Crippen molar-refractivity contribution in [2.45, 2.75) is 51.2 Å². The monoisotopic (exact) mass is 344 g/mol. The van der Waals surface area contributed by atoms with Gasteiger partial charge in [-0.2, -0.15) is 0 Å².